The van der Waals surface area contributed by atoms with Gasteiger partial charge in [-0.1, -0.05) is 0 Å². The van der Waals surface area contributed by atoms with Crippen molar-refractivity contribution in [2.45, 2.75) is 25.6 Å². The topological polar surface area (TPSA) is 150 Å². The molecular weight excluding hydrogens is 228 g/mol. The summed E-state index contributed by atoms with van der Waals surface area (Å²) in [5, 5.41) is 29.6. The van der Waals surface area contributed by atoms with Gasteiger partial charge in [-0.25, -0.2) is 4.79 Å². The Morgan fingerprint density at radius 1 is 1.31 bits per heavy atom. The van der Waals surface area contributed by atoms with Gasteiger partial charge in [-0.2, -0.15) is 0 Å². The summed E-state index contributed by atoms with van der Waals surface area (Å²) in [5.41, 5.74) is -3.13. The van der Waals surface area contributed by atoms with Crippen LogP contribution in [0.1, 0.15) is 13.8 Å². The molecule has 0 heterocycles. The maximum atomic E-state index is 10.6. The number of carboxylic acids is 1. The summed E-state index contributed by atoms with van der Waals surface area (Å²) in [5.74, 6) is -3.13. The third kappa shape index (κ3) is 2.40. The molecule has 0 saturated heterocycles. The minimum atomic E-state index is -3.13. The second-order valence-corrected chi connectivity index (χ2v) is 2.94. The van der Waals surface area contributed by atoms with Crippen LogP contribution in [0, 0.1) is 20.2 Å². The van der Waals surface area contributed by atoms with Crippen LogP contribution in [0.4, 0.5) is 0 Å². The number of esters is 1. The van der Waals surface area contributed by atoms with E-state index in [1.54, 1.807) is 0 Å². The molecule has 1 N–H and O–H groups in total. The Balaban J connectivity index is 5.44. The van der Waals surface area contributed by atoms with Gasteiger partial charge in [-0.3, -0.25) is 25.0 Å². The lowest BCUT2D eigenvalue weighted by molar-refractivity contribution is -0.798. The van der Waals surface area contributed by atoms with Crippen molar-refractivity contribution in [3.05, 3.63) is 20.2 Å². The van der Waals surface area contributed by atoms with Crippen molar-refractivity contribution in [1.82, 2.24) is 0 Å². The maximum absolute atomic E-state index is 10.6. The highest BCUT2D eigenvalue weighted by Gasteiger charge is 2.64. The number of hydrogen-bond donors (Lipinski definition) is 1. The number of rotatable bonds is 5. The number of ether oxygens (including phenoxy) is 1. The number of nitro groups is 2. The molecule has 0 saturated carbocycles. The fourth-order valence-electron chi connectivity index (χ4n) is 0.820. The molecule has 0 aliphatic rings. The maximum Gasteiger partial charge on any atom is 0.502 e. The summed E-state index contributed by atoms with van der Waals surface area (Å²) in [6.45, 7) is 1.24. The van der Waals surface area contributed by atoms with Crippen LogP contribution in [0.25, 0.3) is 0 Å². The Morgan fingerprint density at radius 2 is 1.69 bits per heavy atom. The Bertz CT molecular complexity index is 336. The van der Waals surface area contributed by atoms with Gasteiger partial charge in [0.1, 0.15) is 9.85 Å². The average Bonchev–Trinajstić information content (AvgIpc) is 2.11. The molecule has 0 amide bonds. The van der Waals surface area contributed by atoms with Gasteiger partial charge >= 0.3 is 23.7 Å². The minimum Gasteiger partial charge on any atom is -0.478 e. The lowest BCUT2D eigenvalue weighted by Gasteiger charge is -2.18. The van der Waals surface area contributed by atoms with Crippen LogP contribution in [0.15, 0.2) is 0 Å². The van der Waals surface area contributed by atoms with E-state index in [4.69, 9.17) is 5.11 Å². The molecular formula is C6H8N2O8. The number of aliphatic carboxylic acids is 1. The second kappa shape index (κ2) is 4.51. The first-order valence-electron chi connectivity index (χ1n) is 3.83. The molecule has 0 rings (SSSR count). The largest absolute Gasteiger partial charge is 0.502 e. The van der Waals surface area contributed by atoms with Crippen LogP contribution >= 0.6 is 0 Å². The molecule has 0 bridgehead atoms. The van der Waals surface area contributed by atoms with Crippen LogP contribution in [0.2, 0.25) is 0 Å². The smallest absolute Gasteiger partial charge is 0.478 e. The van der Waals surface area contributed by atoms with Crippen molar-refractivity contribution in [3.8, 4) is 0 Å². The zero-order chi connectivity index (χ0) is 13.1. The zero-order valence-corrected chi connectivity index (χ0v) is 8.28. The van der Waals surface area contributed by atoms with Gasteiger partial charge in [0.25, 0.3) is 0 Å². The Hall–Kier alpha value is -2.26. The first-order chi connectivity index (χ1) is 7.13. The van der Waals surface area contributed by atoms with Gasteiger partial charge in [-0.05, 0) is 0 Å². The van der Waals surface area contributed by atoms with Gasteiger partial charge in [0.05, 0.1) is 6.92 Å². The zero-order valence-electron chi connectivity index (χ0n) is 8.28. The molecule has 0 spiro atoms. The summed E-state index contributed by atoms with van der Waals surface area (Å²) in [6.07, 6.45) is -2.49. The summed E-state index contributed by atoms with van der Waals surface area (Å²) in [6, 6.07) is 0. The average molecular weight is 236 g/mol. The van der Waals surface area contributed by atoms with Crippen molar-refractivity contribution < 1.29 is 29.3 Å². The van der Waals surface area contributed by atoms with Crippen molar-refractivity contribution in [3.63, 3.8) is 0 Å². The van der Waals surface area contributed by atoms with E-state index in [1.165, 1.54) is 0 Å². The highest BCUT2D eigenvalue weighted by atomic mass is 16.7. The molecule has 0 aromatic carbocycles. The Labute approximate surface area is 88.1 Å². The quantitative estimate of drug-likeness (QED) is 0.284. The van der Waals surface area contributed by atoms with E-state index in [0.29, 0.717) is 6.92 Å². The van der Waals surface area contributed by atoms with Crippen LogP contribution in [0.5, 0.6) is 0 Å². The van der Waals surface area contributed by atoms with Crippen LogP contribution < -0.4 is 0 Å². The van der Waals surface area contributed by atoms with Crippen molar-refractivity contribution in [2.75, 3.05) is 0 Å². The Morgan fingerprint density at radius 3 is 1.88 bits per heavy atom. The standard InChI is InChI=1S/C6H8N2O8/c1-3(9)16-4(5(10)11)6(2,7(12)13)8(14)15/h4H,1-2H3,(H,10,11). The number of carboxylic acid groups (broad SMARTS) is 1. The molecule has 1 unspecified atom stereocenters. The number of carbonyl (C=O) groups excluding carboxylic acids is 1. The second-order valence-electron chi connectivity index (χ2n) is 2.94. The number of hydrogen-bond acceptors (Lipinski definition) is 7. The third-order valence-corrected chi connectivity index (χ3v) is 1.74. The molecule has 90 valence electrons. The molecule has 16 heavy (non-hydrogen) atoms. The van der Waals surface area contributed by atoms with Gasteiger partial charge in [0.2, 0.25) is 0 Å². The summed E-state index contributed by atoms with van der Waals surface area (Å²) in [7, 11) is 0. The fraction of sp³-hybridized carbons (Fsp3) is 0.667. The van der Waals surface area contributed by atoms with E-state index in [0.717, 1.165) is 6.92 Å². The predicted octanol–water partition coefficient (Wildman–Crippen LogP) is -0.728. The number of carbonyl (C=O) groups is 2. The van der Waals surface area contributed by atoms with Crippen molar-refractivity contribution >= 4 is 11.9 Å². The number of nitrogens with zero attached hydrogens (tertiary/aromatic N) is 2. The van der Waals surface area contributed by atoms with E-state index >= 15 is 0 Å². The van der Waals surface area contributed by atoms with Crippen molar-refractivity contribution in [1.29, 1.82) is 0 Å². The molecule has 10 nitrogen and oxygen atoms in total. The van der Waals surface area contributed by atoms with Crippen LogP contribution in [-0.4, -0.2) is 38.7 Å². The van der Waals surface area contributed by atoms with Gasteiger partial charge in [-0.15, -0.1) is 0 Å². The van der Waals surface area contributed by atoms with E-state index in [2.05, 4.69) is 4.74 Å². The molecule has 0 aliphatic heterocycles. The molecule has 10 heteroatoms. The monoisotopic (exact) mass is 236 g/mol. The SMILES string of the molecule is CC(=O)OC(C(=O)O)C(C)([N+](=O)[O-])[N+](=O)[O-]. The van der Waals surface area contributed by atoms with Crippen molar-refractivity contribution in [2.24, 2.45) is 0 Å². The van der Waals surface area contributed by atoms with E-state index in [1.807, 2.05) is 0 Å². The van der Waals surface area contributed by atoms with Gasteiger partial charge < -0.3 is 9.84 Å². The summed E-state index contributed by atoms with van der Waals surface area (Å²) < 4.78 is 4.08. The van der Waals surface area contributed by atoms with Gasteiger partial charge in [0.15, 0.2) is 0 Å². The van der Waals surface area contributed by atoms with Crippen LogP contribution in [-0.2, 0) is 14.3 Å². The summed E-state index contributed by atoms with van der Waals surface area (Å²) in [4.78, 5) is 39.3. The molecule has 0 aromatic heterocycles. The third-order valence-electron chi connectivity index (χ3n) is 1.74. The molecule has 1 atom stereocenters. The lowest BCUT2D eigenvalue weighted by Crippen LogP contribution is -2.58. The van der Waals surface area contributed by atoms with E-state index in [-0.39, 0.29) is 0 Å². The summed E-state index contributed by atoms with van der Waals surface area (Å²) >= 11 is 0. The normalized spacial score (nSPS) is 12.6. The van der Waals surface area contributed by atoms with Crippen LogP contribution in [0.3, 0.4) is 0 Å². The van der Waals surface area contributed by atoms with E-state index < -0.39 is 33.6 Å². The highest BCUT2D eigenvalue weighted by Crippen LogP contribution is 2.19. The predicted molar refractivity (Wildman–Crippen MR) is 45.6 cm³/mol. The molecule has 0 radical (unpaired) electrons. The van der Waals surface area contributed by atoms with E-state index in [9.17, 15) is 29.8 Å². The lowest BCUT2D eigenvalue weighted by atomic mass is 10.1. The first kappa shape index (κ1) is 13.7. The Kier molecular flexibility index (Phi) is 3.87. The minimum absolute atomic E-state index is 0.453. The van der Waals surface area contributed by atoms with Gasteiger partial charge in [0, 0.05) is 6.92 Å². The highest BCUT2D eigenvalue weighted by molar-refractivity contribution is 5.77. The molecule has 0 fully saturated rings. The molecule has 0 aromatic rings. The first-order valence-corrected chi connectivity index (χ1v) is 3.83. The molecule has 0 aliphatic carbocycles. The fourth-order valence-corrected chi connectivity index (χ4v) is 0.820.